The van der Waals surface area contributed by atoms with E-state index in [0.717, 1.165) is 0 Å². The van der Waals surface area contributed by atoms with Gasteiger partial charge in [-0.25, -0.2) is 0 Å². The number of Topliss-reactive ketones (excluding diaryl/α,β-unsaturated/α-hetero) is 1. The number of carbonyl (C=O) groups is 2. The first-order valence-corrected chi connectivity index (χ1v) is 9.18. The summed E-state index contributed by atoms with van der Waals surface area (Å²) in [5.41, 5.74) is 1.02. The van der Waals surface area contributed by atoms with E-state index in [2.05, 4.69) is 0 Å². The largest absolute Gasteiger partial charge is 0.493 e. The molecule has 1 aliphatic rings. The molecule has 29 heavy (non-hydrogen) atoms. The van der Waals surface area contributed by atoms with Crippen molar-refractivity contribution in [3.8, 4) is 23.0 Å². The molecule has 0 spiro atoms. The van der Waals surface area contributed by atoms with E-state index in [1.54, 1.807) is 71.2 Å². The minimum Gasteiger partial charge on any atom is -0.493 e. The second kappa shape index (κ2) is 7.62. The van der Waals surface area contributed by atoms with Crippen molar-refractivity contribution in [2.45, 2.75) is 27.7 Å². The fraction of sp³-hybridized carbons (Fsp3) is 0.304. The zero-order valence-electron chi connectivity index (χ0n) is 17.4. The van der Waals surface area contributed by atoms with Crippen LogP contribution in [0.25, 0.3) is 6.08 Å². The van der Waals surface area contributed by atoms with E-state index in [4.69, 9.17) is 18.9 Å². The topological polar surface area (TPSA) is 71.1 Å². The Labute approximate surface area is 170 Å². The molecule has 3 rings (SSSR count). The number of hydrogen-bond donors (Lipinski definition) is 0. The highest BCUT2D eigenvalue weighted by Gasteiger charge is 2.32. The monoisotopic (exact) mass is 396 g/mol. The molecule has 152 valence electrons. The van der Waals surface area contributed by atoms with Crippen molar-refractivity contribution in [3.63, 3.8) is 0 Å². The predicted molar refractivity (Wildman–Crippen MR) is 109 cm³/mol. The maximum absolute atomic E-state index is 12.8. The summed E-state index contributed by atoms with van der Waals surface area (Å²) in [4.78, 5) is 25.0. The first kappa shape index (κ1) is 20.5. The minimum absolute atomic E-state index is 0.161. The van der Waals surface area contributed by atoms with Crippen LogP contribution in [0.3, 0.4) is 0 Å². The molecular formula is C23H24O6. The van der Waals surface area contributed by atoms with Crippen LogP contribution in [0.15, 0.2) is 36.1 Å². The summed E-state index contributed by atoms with van der Waals surface area (Å²) in [6, 6.07) is 8.60. The van der Waals surface area contributed by atoms with Gasteiger partial charge in [0.05, 0.1) is 25.2 Å². The predicted octanol–water partition coefficient (Wildman–Crippen LogP) is 4.58. The van der Waals surface area contributed by atoms with Crippen LogP contribution in [0.5, 0.6) is 23.0 Å². The first-order valence-electron chi connectivity index (χ1n) is 9.18. The van der Waals surface area contributed by atoms with Crippen molar-refractivity contribution >= 4 is 17.8 Å². The van der Waals surface area contributed by atoms with E-state index in [0.29, 0.717) is 39.7 Å². The third-order valence-electron chi connectivity index (χ3n) is 4.57. The van der Waals surface area contributed by atoms with Crippen LogP contribution in [-0.4, -0.2) is 26.0 Å². The molecule has 2 aromatic rings. The van der Waals surface area contributed by atoms with Crippen molar-refractivity contribution in [1.82, 2.24) is 0 Å². The van der Waals surface area contributed by atoms with Crippen molar-refractivity contribution in [1.29, 1.82) is 0 Å². The number of methoxy groups -OCH3 is 2. The average Bonchev–Trinajstić information content (AvgIpc) is 2.99. The van der Waals surface area contributed by atoms with Gasteiger partial charge in [-0.2, -0.15) is 0 Å². The fourth-order valence-electron chi connectivity index (χ4n) is 2.90. The quantitative estimate of drug-likeness (QED) is 0.428. The molecule has 0 amide bonds. The van der Waals surface area contributed by atoms with Crippen molar-refractivity contribution < 1.29 is 28.5 Å². The van der Waals surface area contributed by atoms with E-state index in [1.165, 1.54) is 7.11 Å². The molecule has 0 N–H and O–H groups in total. The van der Waals surface area contributed by atoms with Crippen LogP contribution in [0.4, 0.5) is 0 Å². The Morgan fingerprint density at radius 2 is 1.76 bits per heavy atom. The Kier molecular flexibility index (Phi) is 5.38. The molecule has 6 nitrogen and oxygen atoms in total. The molecule has 1 aliphatic heterocycles. The minimum atomic E-state index is -0.643. The lowest BCUT2D eigenvalue weighted by atomic mass is 9.97. The highest BCUT2D eigenvalue weighted by atomic mass is 16.5. The summed E-state index contributed by atoms with van der Waals surface area (Å²) >= 11 is 0. The Morgan fingerprint density at radius 1 is 1.03 bits per heavy atom. The molecule has 1 heterocycles. The van der Waals surface area contributed by atoms with Crippen LogP contribution in [0.2, 0.25) is 0 Å². The normalized spacial score (nSPS) is 14.4. The molecule has 0 saturated heterocycles. The smallest absolute Gasteiger partial charge is 0.316 e. The molecule has 0 fully saturated rings. The van der Waals surface area contributed by atoms with E-state index >= 15 is 0 Å². The average molecular weight is 396 g/mol. The number of benzene rings is 2. The van der Waals surface area contributed by atoms with Gasteiger partial charge in [0, 0.05) is 11.1 Å². The first-order chi connectivity index (χ1) is 13.7. The number of ether oxygens (including phenoxy) is 4. The molecule has 0 radical (unpaired) electrons. The molecule has 0 unspecified atom stereocenters. The maximum Gasteiger partial charge on any atom is 0.316 e. The summed E-state index contributed by atoms with van der Waals surface area (Å²) < 4.78 is 22.1. The third kappa shape index (κ3) is 3.83. The number of hydrogen-bond acceptors (Lipinski definition) is 6. The van der Waals surface area contributed by atoms with Gasteiger partial charge in [-0.05, 0) is 52.0 Å². The van der Waals surface area contributed by atoms with Gasteiger partial charge in [0.15, 0.2) is 17.3 Å². The summed E-state index contributed by atoms with van der Waals surface area (Å²) in [5.74, 6) is 1.38. The van der Waals surface area contributed by atoms with Crippen LogP contribution >= 0.6 is 0 Å². The zero-order chi connectivity index (χ0) is 21.3. The van der Waals surface area contributed by atoms with Gasteiger partial charge in [0.25, 0.3) is 0 Å². The SMILES string of the molecule is COc1cccc(/C=C2\Oc3c(ccc(OC(=O)C(C)(C)C)c3C)C2=O)c1OC. The highest BCUT2D eigenvalue weighted by molar-refractivity contribution is 6.15. The van der Waals surface area contributed by atoms with Crippen LogP contribution < -0.4 is 18.9 Å². The van der Waals surface area contributed by atoms with Gasteiger partial charge in [-0.1, -0.05) is 12.1 Å². The van der Waals surface area contributed by atoms with Crippen molar-refractivity contribution in [2.75, 3.05) is 14.2 Å². The summed E-state index contributed by atoms with van der Waals surface area (Å²) in [5, 5.41) is 0. The Balaban J connectivity index is 1.97. The van der Waals surface area contributed by atoms with E-state index in [9.17, 15) is 9.59 Å². The van der Waals surface area contributed by atoms with Crippen LogP contribution in [-0.2, 0) is 4.79 Å². The van der Waals surface area contributed by atoms with Crippen molar-refractivity contribution in [2.24, 2.45) is 5.41 Å². The van der Waals surface area contributed by atoms with Crippen LogP contribution in [0, 0.1) is 12.3 Å². The van der Waals surface area contributed by atoms with Gasteiger partial charge in [-0.3, -0.25) is 9.59 Å². The molecular weight excluding hydrogens is 372 g/mol. The molecule has 0 bridgehead atoms. The molecule has 6 heteroatoms. The second-order valence-corrected chi connectivity index (χ2v) is 7.73. The summed E-state index contributed by atoms with van der Waals surface area (Å²) in [6.45, 7) is 7.09. The fourth-order valence-corrected chi connectivity index (χ4v) is 2.90. The van der Waals surface area contributed by atoms with Crippen LogP contribution in [0.1, 0.15) is 42.3 Å². The highest BCUT2D eigenvalue weighted by Crippen LogP contribution is 2.41. The third-order valence-corrected chi connectivity index (χ3v) is 4.57. The zero-order valence-corrected chi connectivity index (χ0v) is 17.4. The lowest BCUT2D eigenvalue weighted by Crippen LogP contribution is -2.25. The molecule has 0 aliphatic carbocycles. The second-order valence-electron chi connectivity index (χ2n) is 7.73. The Hall–Kier alpha value is -3.28. The Morgan fingerprint density at radius 3 is 2.38 bits per heavy atom. The van der Waals surface area contributed by atoms with Gasteiger partial charge < -0.3 is 18.9 Å². The maximum atomic E-state index is 12.8. The number of allylic oxidation sites excluding steroid dienone is 1. The molecule has 0 atom stereocenters. The van der Waals surface area contributed by atoms with Gasteiger partial charge >= 0.3 is 5.97 Å². The van der Waals surface area contributed by atoms with Gasteiger partial charge in [-0.15, -0.1) is 0 Å². The summed E-state index contributed by atoms with van der Waals surface area (Å²) in [6.07, 6.45) is 1.62. The van der Waals surface area contributed by atoms with Crippen molar-refractivity contribution in [3.05, 3.63) is 52.8 Å². The van der Waals surface area contributed by atoms with E-state index in [1.807, 2.05) is 0 Å². The molecule has 0 aromatic heterocycles. The molecule has 0 saturated carbocycles. The number of fused-ring (bicyclic) bond motifs is 1. The molecule has 2 aromatic carbocycles. The standard InChI is InChI=1S/C23H24O6/c1-13-16(29-22(25)23(2,3)4)11-10-15-19(24)18(28-20(13)15)12-14-8-7-9-17(26-5)21(14)27-6/h7-12H,1-6H3/b18-12-. The number of carbonyl (C=O) groups excluding carboxylic acids is 2. The van der Waals surface area contributed by atoms with E-state index in [-0.39, 0.29) is 17.5 Å². The number of rotatable bonds is 4. The lowest BCUT2D eigenvalue weighted by molar-refractivity contribution is -0.143. The number of esters is 1. The number of ketones is 1. The number of para-hydroxylation sites is 1. The van der Waals surface area contributed by atoms with E-state index < -0.39 is 5.41 Å². The van der Waals surface area contributed by atoms with Gasteiger partial charge in [0.2, 0.25) is 5.78 Å². The summed E-state index contributed by atoms with van der Waals surface area (Å²) in [7, 11) is 3.08. The lowest BCUT2D eigenvalue weighted by Gasteiger charge is -2.18. The Bertz CT molecular complexity index is 1010. The van der Waals surface area contributed by atoms with Gasteiger partial charge in [0.1, 0.15) is 11.5 Å².